The van der Waals surface area contributed by atoms with E-state index in [0.717, 1.165) is 31.0 Å². The highest BCUT2D eigenvalue weighted by Crippen LogP contribution is 2.48. The minimum absolute atomic E-state index is 0.0558. The van der Waals surface area contributed by atoms with Crippen LogP contribution in [0.15, 0.2) is 18.2 Å². The van der Waals surface area contributed by atoms with Gasteiger partial charge in [-0.05, 0) is 30.5 Å². The van der Waals surface area contributed by atoms with Crippen molar-refractivity contribution in [1.29, 1.82) is 5.26 Å². The Morgan fingerprint density at radius 3 is 2.52 bits per heavy atom. The number of fused-ring (bicyclic) bond motifs is 4. The second-order valence-electron chi connectivity index (χ2n) is 11.5. The molecule has 3 aliphatic rings. The lowest BCUT2D eigenvalue weighted by Gasteiger charge is -2.38. The molecule has 5 heterocycles. The molecule has 0 aliphatic carbocycles. The Morgan fingerprint density at radius 2 is 1.91 bits per heavy atom. The van der Waals surface area contributed by atoms with Crippen LogP contribution in [0.4, 0.5) is 37.2 Å². The monoisotopic (exact) mass is 634 g/mol. The number of anilines is 2. The van der Waals surface area contributed by atoms with Gasteiger partial charge in [0, 0.05) is 41.5 Å². The standard InChI is InChI=1S/C29H24F6N6O2S/c30-9-28(10-42-11-28)12-43-27-39-23-16(26(40-27)41-7-13-1-2-14(8-41)38-13)5-18(29(33,34)35)21(22(23)32)15-3-4-19(31)24-20(15)17(6-36)25(37)44-24/h3-5,13-14,38H,1-2,7-12,37H2. The molecule has 2 aromatic heterocycles. The second-order valence-corrected chi connectivity index (χ2v) is 12.6. The normalized spacial score (nSPS) is 21.1. The van der Waals surface area contributed by atoms with Crippen LogP contribution in [-0.4, -0.2) is 61.6 Å². The third-order valence-electron chi connectivity index (χ3n) is 8.52. The number of hydrogen-bond donors (Lipinski definition) is 2. The lowest BCUT2D eigenvalue weighted by Crippen LogP contribution is -2.51. The van der Waals surface area contributed by atoms with Crippen LogP contribution in [0.25, 0.3) is 32.1 Å². The van der Waals surface area contributed by atoms with Crippen molar-refractivity contribution in [3.63, 3.8) is 0 Å². The summed E-state index contributed by atoms with van der Waals surface area (Å²) in [5.41, 5.74) is 1.65. The molecular formula is C29H24F6N6O2S. The highest BCUT2D eigenvalue weighted by atomic mass is 32.1. The molecule has 3 N–H and O–H groups in total. The Kier molecular flexibility index (Phi) is 6.79. The summed E-state index contributed by atoms with van der Waals surface area (Å²) in [5, 5.41) is 12.6. The van der Waals surface area contributed by atoms with Crippen molar-refractivity contribution >= 4 is 43.1 Å². The number of halogens is 6. The molecule has 3 aliphatic heterocycles. The number of ether oxygens (including phenoxy) is 2. The molecule has 3 fully saturated rings. The summed E-state index contributed by atoms with van der Waals surface area (Å²) in [7, 11) is 0. The van der Waals surface area contributed by atoms with Crippen LogP contribution >= 0.6 is 11.3 Å². The molecule has 0 radical (unpaired) electrons. The lowest BCUT2D eigenvalue weighted by molar-refractivity contribution is -0.142. The summed E-state index contributed by atoms with van der Waals surface area (Å²) < 4.78 is 100. The SMILES string of the molecule is N#Cc1c(N)sc2c(F)ccc(-c3c(C(F)(F)F)cc4c(N5CC6CCC(C5)N6)nc(OCC5(CF)COC5)nc4c3F)c12. The van der Waals surface area contributed by atoms with Crippen molar-refractivity contribution < 1.29 is 35.8 Å². The van der Waals surface area contributed by atoms with Gasteiger partial charge in [0.15, 0.2) is 5.82 Å². The lowest BCUT2D eigenvalue weighted by atomic mass is 9.89. The minimum Gasteiger partial charge on any atom is -0.463 e. The van der Waals surface area contributed by atoms with E-state index >= 15 is 4.39 Å². The Bertz CT molecular complexity index is 1840. The van der Waals surface area contributed by atoms with Gasteiger partial charge in [0.05, 0.1) is 34.5 Å². The second kappa shape index (κ2) is 10.4. The van der Waals surface area contributed by atoms with E-state index in [1.165, 1.54) is 0 Å². The molecule has 0 amide bonds. The first-order chi connectivity index (χ1) is 21.0. The van der Waals surface area contributed by atoms with Gasteiger partial charge in [-0.3, -0.25) is 4.39 Å². The fourth-order valence-electron chi connectivity index (χ4n) is 6.27. The molecule has 2 unspecified atom stereocenters. The van der Waals surface area contributed by atoms with Gasteiger partial charge in [-0.1, -0.05) is 6.07 Å². The maximum absolute atomic E-state index is 16.8. The van der Waals surface area contributed by atoms with E-state index < -0.39 is 46.5 Å². The van der Waals surface area contributed by atoms with E-state index in [-0.39, 0.29) is 75.3 Å². The van der Waals surface area contributed by atoms with Crippen molar-refractivity contribution in [2.24, 2.45) is 5.41 Å². The number of nitriles is 1. The Labute approximate surface area is 250 Å². The van der Waals surface area contributed by atoms with Crippen LogP contribution in [0.5, 0.6) is 6.01 Å². The molecule has 230 valence electrons. The summed E-state index contributed by atoms with van der Waals surface area (Å²) >= 11 is 0.688. The van der Waals surface area contributed by atoms with Crippen LogP contribution in [0, 0.1) is 28.4 Å². The van der Waals surface area contributed by atoms with Crippen LogP contribution in [0.3, 0.4) is 0 Å². The first-order valence-electron chi connectivity index (χ1n) is 13.8. The predicted molar refractivity (Wildman–Crippen MR) is 151 cm³/mol. The third-order valence-corrected chi connectivity index (χ3v) is 9.55. The number of nitrogens with zero attached hydrogens (tertiary/aromatic N) is 4. The van der Waals surface area contributed by atoms with E-state index in [0.29, 0.717) is 24.4 Å². The number of rotatable bonds is 6. The van der Waals surface area contributed by atoms with Crippen molar-refractivity contribution in [3.05, 3.63) is 41.0 Å². The summed E-state index contributed by atoms with van der Waals surface area (Å²) in [6, 6.07) is 4.31. The topological polar surface area (TPSA) is 109 Å². The van der Waals surface area contributed by atoms with Crippen molar-refractivity contribution in [2.75, 3.05) is 50.2 Å². The molecule has 3 saturated heterocycles. The number of alkyl halides is 4. The molecule has 0 saturated carbocycles. The quantitative estimate of drug-likeness (QED) is 0.265. The number of nitrogen functional groups attached to an aromatic ring is 1. The highest BCUT2D eigenvalue weighted by Gasteiger charge is 2.42. The van der Waals surface area contributed by atoms with Gasteiger partial charge >= 0.3 is 12.2 Å². The fraction of sp³-hybridized carbons (Fsp3) is 0.414. The van der Waals surface area contributed by atoms with E-state index in [1.807, 2.05) is 6.07 Å². The van der Waals surface area contributed by atoms with E-state index in [9.17, 15) is 27.2 Å². The van der Waals surface area contributed by atoms with Gasteiger partial charge in [0.1, 0.15) is 41.5 Å². The van der Waals surface area contributed by atoms with Gasteiger partial charge in [0.25, 0.3) is 0 Å². The van der Waals surface area contributed by atoms with Gasteiger partial charge in [-0.15, -0.1) is 11.3 Å². The van der Waals surface area contributed by atoms with Crippen LogP contribution < -0.4 is 20.7 Å². The number of hydrogen-bond acceptors (Lipinski definition) is 9. The number of thiophene rings is 1. The molecule has 44 heavy (non-hydrogen) atoms. The zero-order chi connectivity index (χ0) is 31.0. The molecule has 2 atom stereocenters. The fourth-order valence-corrected chi connectivity index (χ4v) is 7.22. The molecule has 8 nitrogen and oxygen atoms in total. The maximum Gasteiger partial charge on any atom is 0.417 e. The molecule has 0 spiro atoms. The zero-order valence-electron chi connectivity index (χ0n) is 22.9. The average molecular weight is 635 g/mol. The Morgan fingerprint density at radius 1 is 1.18 bits per heavy atom. The highest BCUT2D eigenvalue weighted by molar-refractivity contribution is 7.23. The zero-order valence-corrected chi connectivity index (χ0v) is 23.7. The van der Waals surface area contributed by atoms with Crippen LogP contribution in [-0.2, 0) is 10.9 Å². The molecule has 2 bridgehead atoms. The molecular weight excluding hydrogens is 610 g/mol. The maximum atomic E-state index is 16.8. The minimum atomic E-state index is -5.06. The number of nitrogens with one attached hydrogen (secondary N) is 1. The Hall–Kier alpha value is -3.87. The van der Waals surface area contributed by atoms with Crippen molar-refractivity contribution in [2.45, 2.75) is 31.1 Å². The largest absolute Gasteiger partial charge is 0.463 e. The summed E-state index contributed by atoms with van der Waals surface area (Å²) in [6.45, 7) is 0.0944. The van der Waals surface area contributed by atoms with Crippen molar-refractivity contribution in [3.8, 4) is 23.2 Å². The molecule has 4 aromatic rings. The summed E-state index contributed by atoms with van der Waals surface area (Å²) in [4.78, 5) is 10.4. The first-order valence-corrected chi connectivity index (χ1v) is 14.6. The van der Waals surface area contributed by atoms with Crippen LogP contribution in [0.2, 0.25) is 0 Å². The van der Waals surface area contributed by atoms with E-state index in [4.69, 9.17) is 15.2 Å². The number of nitrogens with two attached hydrogens (primary N) is 1. The van der Waals surface area contributed by atoms with Gasteiger partial charge in [0.2, 0.25) is 0 Å². The van der Waals surface area contributed by atoms with E-state index in [2.05, 4.69) is 15.3 Å². The average Bonchev–Trinajstić information content (AvgIpc) is 3.50. The number of benzene rings is 2. The van der Waals surface area contributed by atoms with E-state index in [1.54, 1.807) is 4.90 Å². The molecule has 7 rings (SSSR count). The smallest absolute Gasteiger partial charge is 0.417 e. The number of aromatic nitrogens is 2. The predicted octanol–water partition coefficient (Wildman–Crippen LogP) is 5.57. The van der Waals surface area contributed by atoms with Gasteiger partial charge < -0.3 is 25.4 Å². The first kappa shape index (κ1) is 28.9. The van der Waals surface area contributed by atoms with Gasteiger partial charge in [-0.25, -0.2) is 8.78 Å². The Balaban J connectivity index is 1.49. The molecule has 2 aromatic carbocycles. The van der Waals surface area contributed by atoms with Gasteiger partial charge in [-0.2, -0.15) is 28.4 Å². The third kappa shape index (κ3) is 4.58. The van der Waals surface area contributed by atoms with Crippen molar-refractivity contribution in [1.82, 2.24) is 15.3 Å². The van der Waals surface area contributed by atoms with Crippen LogP contribution in [0.1, 0.15) is 24.0 Å². The number of piperazine rings is 1. The summed E-state index contributed by atoms with van der Waals surface area (Å²) in [5.74, 6) is -2.11. The summed E-state index contributed by atoms with van der Waals surface area (Å²) in [6.07, 6.45) is -3.33. The molecule has 15 heteroatoms.